The topological polar surface area (TPSA) is 231 Å². The van der Waals surface area contributed by atoms with Crippen LogP contribution in [0.3, 0.4) is 0 Å². The molecular weight excluding hydrogens is 732 g/mol. The van der Waals surface area contributed by atoms with Gasteiger partial charge in [-0.25, -0.2) is 0 Å². The number of hydrogen-bond acceptors (Lipinski definition) is 8. The number of rotatable bonds is 7. The Bertz CT molecular complexity index is 2040. The summed E-state index contributed by atoms with van der Waals surface area (Å²) >= 11 is 0. The predicted molar refractivity (Wildman–Crippen MR) is 211 cm³/mol. The molecule has 3 aromatic rings. The summed E-state index contributed by atoms with van der Waals surface area (Å²) in [6.45, 7) is 5.97. The number of aromatic amines is 1. The third-order valence-corrected chi connectivity index (χ3v) is 10.1. The molecule has 4 unspecified atom stereocenters. The predicted octanol–water partition coefficient (Wildman–Crippen LogP) is 0.631. The minimum absolute atomic E-state index is 0.0288. The SMILES string of the molecule is CC(C)=CCc1cc(CC2NC(=O)CNC(=O)C(C(C)C)NC(=O)CNC(=O)C3CCCN3C(=O)C(Cc3c[nH]c4ccccc34)NC(=O)CNC2=O)ccc1O. The minimum atomic E-state index is -1.22. The number of aromatic nitrogens is 1. The van der Waals surface area contributed by atoms with Gasteiger partial charge in [0.15, 0.2) is 0 Å². The number of carbonyl (C=O) groups excluding carboxylic acids is 7. The number of nitrogens with one attached hydrogen (secondary N) is 7. The normalized spacial score (nSPS) is 22.1. The van der Waals surface area contributed by atoms with Crippen molar-refractivity contribution in [1.29, 1.82) is 0 Å². The van der Waals surface area contributed by atoms with Gasteiger partial charge in [0.05, 0.1) is 19.6 Å². The van der Waals surface area contributed by atoms with Crippen molar-refractivity contribution in [1.82, 2.24) is 41.8 Å². The van der Waals surface area contributed by atoms with Gasteiger partial charge < -0.3 is 46.9 Å². The van der Waals surface area contributed by atoms with E-state index in [9.17, 15) is 38.7 Å². The minimum Gasteiger partial charge on any atom is -0.508 e. The van der Waals surface area contributed by atoms with Crippen LogP contribution in [-0.4, -0.2) is 107 Å². The molecule has 16 nitrogen and oxygen atoms in total. The molecule has 0 aliphatic carbocycles. The molecule has 16 heteroatoms. The number of phenols is 1. The van der Waals surface area contributed by atoms with Gasteiger partial charge in [-0.2, -0.15) is 0 Å². The second kappa shape index (κ2) is 19.1. The highest BCUT2D eigenvalue weighted by Gasteiger charge is 2.38. The Balaban J connectivity index is 1.43. The van der Waals surface area contributed by atoms with E-state index < -0.39 is 91.1 Å². The van der Waals surface area contributed by atoms with E-state index in [1.54, 1.807) is 32.2 Å². The van der Waals surface area contributed by atoms with E-state index in [-0.39, 0.29) is 25.1 Å². The van der Waals surface area contributed by atoms with Gasteiger partial charge in [0.25, 0.3) is 0 Å². The zero-order valence-electron chi connectivity index (χ0n) is 32.7. The van der Waals surface area contributed by atoms with E-state index in [1.165, 1.54) is 11.0 Å². The Morgan fingerprint density at radius 2 is 1.44 bits per heavy atom. The molecule has 0 bridgehead atoms. The van der Waals surface area contributed by atoms with Crippen LogP contribution in [0.2, 0.25) is 0 Å². The molecule has 2 saturated heterocycles. The van der Waals surface area contributed by atoms with Gasteiger partial charge in [-0.15, -0.1) is 0 Å². The van der Waals surface area contributed by atoms with Gasteiger partial charge >= 0.3 is 0 Å². The number of carbonyl (C=O) groups is 7. The molecule has 3 heterocycles. The lowest BCUT2D eigenvalue weighted by atomic mass is 10.00. The highest BCUT2D eigenvalue weighted by atomic mass is 16.3. The van der Waals surface area contributed by atoms with Crippen LogP contribution in [0.5, 0.6) is 5.75 Å². The summed E-state index contributed by atoms with van der Waals surface area (Å²) in [5.74, 6) is -4.81. The largest absolute Gasteiger partial charge is 0.508 e. The Kier molecular flexibility index (Phi) is 14.1. The van der Waals surface area contributed by atoms with E-state index in [1.807, 2.05) is 44.2 Å². The molecule has 5 rings (SSSR count). The van der Waals surface area contributed by atoms with Crippen molar-refractivity contribution >= 4 is 52.3 Å². The van der Waals surface area contributed by atoms with Crippen molar-refractivity contribution < 1.29 is 38.7 Å². The first-order chi connectivity index (χ1) is 27.2. The standard InChI is InChI=1S/C41H52N8O8/c1-23(2)11-13-26-16-25(12-14-33(26)50)17-30-38(54)43-20-35(52)47-31(18-27-19-42-29-9-6-5-8-28(27)29)41(57)49-15-7-10-32(49)39(55)44-22-36(53)48-37(24(3)4)40(56)45-21-34(51)46-30/h5-6,8-9,11-12,14,16,19,24,30-32,37,42,50H,7,10,13,15,17-18,20-22H2,1-4H3,(H,43,54)(H,44,55)(H,45,56)(H,46,51)(H,47,52)(H,48,53). The van der Waals surface area contributed by atoms with Crippen LogP contribution in [0.15, 0.2) is 60.3 Å². The third kappa shape index (κ3) is 11.2. The molecule has 0 spiro atoms. The van der Waals surface area contributed by atoms with Crippen LogP contribution in [-0.2, 0) is 52.8 Å². The molecule has 7 amide bonds. The molecule has 0 radical (unpaired) electrons. The Morgan fingerprint density at radius 3 is 2.14 bits per heavy atom. The summed E-state index contributed by atoms with van der Waals surface area (Å²) in [5.41, 5.74) is 3.85. The lowest BCUT2D eigenvalue weighted by Crippen LogP contribution is -2.56. The van der Waals surface area contributed by atoms with E-state index >= 15 is 0 Å². The summed E-state index contributed by atoms with van der Waals surface area (Å²) in [7, 11) is 0. The fourth-order valence-corrected chi connectivity index (χ4v) is 7.02. The maximum absolute atomic E-state index is 14.2. The Morgan fingerprint density at radius 1 is 0.789 bits per heavy atom. The van der Waals surface area contributed by atoms with Crippen LogP contribution in [0.25, 0.3) is 10.9 Å². The number of aromatic hydroxyl groups is 1. The average Bonchev–Trinajstić information content (AvgIpc) is 3.84. The lowest BCUT2D eigenvalue weighted by molar-refractivity contribution is -0.141. The van der Waals surface area contributed by atoms with Gasteiger partial charge in [0.2, 0.25) is 41.4 Å². The lowest BCUT2D eigenvalue weighted by Gasteiger charge is -2.29. The third-order valence-electron chi connectivity index (χ3n) is 10.1. The summed E-state index contributed by atoms with van der Waals surface area (Å²) in [5, 5.41) is 27.0. The maximum atomic E-state index is 14.2. The Labute approximate surface area is 331 Å². The molecule has 1 aromatic heterocycles. The Hall–Kier alpha value is -6.19. The molecule has 8 N–H and O–H groups in total. The van der Waals surface area contributed by atoms with E-state index in [4.69, 9.17) is 0 Å². The summed E-state index contributed by atoms with van der Waals surface area (Å²) in [6.07, 6.45) is 5.02. The maximum Gasteiger partial charge on any atom is 0.246 e. The first kappa shape index (κ1) is 42.0. The number of allylic oxidation sites excluding steroid dienone is 2. The second-order valence-corrected chi connectivity index (χ2v) is 15.1. The van der Waals surface area contributed by atoms with Gasteiger partial charge in [-0.1, -0.05) is 55.8 Å². The number of H-pyrrole nitrogens is 1. The van der Waals surface area contributed by atoms with Crippen LogP contribution in [0.4, 0.5) is 0 Å². The number of benzene rings is 2. The number of hydrogen-bond donors (Lipinski definition) is 8. The fraction of sp³-hybridized carbons (Fsp3) is 0.439. The first-order valence-corrected chi connectivity index (χ1v) is 19.2. The monoisotopic (exact) mass is 784 g/mol. The van der Waals surface area contributed by atoms with Crippen molar-refractivity contribution in [2.24, 2.45) is 5.92 Å². The average molecular weight is 785 g/mol. The van der Waals surface area contributed by atoms with E-state index in [0.717, 1.165) is 22.0 Å². The van der Waals surface area contributed by atoms with Gasteiger partial charge in [0.1, 0.15) is 29.9 Å². The van der Waals surface area contributed by atoms with Crippen LogP contribution >= 0.6 is 0 Å². The summed E-state index contributed by atoms with van der Waals surface area (Å²) in [6, 6.07) is 8.03. The number of phenolic OH excluding ortho intramolecular Hbond substituents is 1. The second-order valence-electron chi connectivity index (χ2n) is 15.1. The highest BCUT2D eigenvalue weighted by molar-refractivity contribution is 5.97. The van der Waals surface area contributed by atoms with Gasteiger partial charge in [0, 0.05) is 36.5 Å². The van der Waals surface area contributed by atoms with Gasteiger partial charge in [-0.3, -0.25) is 33.6 Å². The number of para-hydroxylation sites is 1. The molecule has 2 fully saturated rings. The fourth-order valence-electron chi connectivity index (χ4n) is 7.02. The molecule has 4 atom stereocenters. The van der Waals surface area contributed by atoms with Crippen molar-refractivity contribution in [3.05, 3.63) is 77.0 Å². The van der Waals surface area contributed by atoms with Gasteiger partial charge in [-0.05, 0) is 67.9 Å². The van der Waals surface area contributed by atoms with Crippen LogP contribution in [0.1, 0.15) is 57.2 Å². The molecule has 0 saturated carbocycles. The van der Waals surface area contributed by atoms with Crippen molar-refractivity contribution in [2.45, 2.75) is 84.0 Å². The molecule has 2 aliphatic rings. The van der Waals surface area contributed by atoms with Crippen LogP contribution in [0, 0.1) is 5.92 Å². The van der Waals surface area contributed by atoms with Crippen molar-refractivity contribution in [3.63, 3.8) is 0 Å². The highest BCUT2D eigenvalue weighted by Crippen LogP contribution is 2.24. The molecule has 2 aromatic carbocycles. The van der Waals surface area contributed by atoms with Crippen molar-refractivity contribution in [2.75, 3.05) is 26.2 Å². The smallest absolute Gasteiger partial charge is 0.246 e. The molecular formula is C41H52N8O8. The molecule has 57 heavy (non-hydrogen) atoms. The molecule has 304 valence electrons. The number of fused-ring (bicyclic) bond motifs is 2. The zero-order chi connectivity index (χ0) is 41.2. The quantitative estimate of drug-likeness (QED) is 0.158. The number of nitrogens with zero attached hydrogens (tertiary/aromatic N) is 1. The van der Waals surface area contributed by atoms with E-state index in [2.05, 4.69) is 36.9 Å². The summed E-state index contributed by atoms with van der Waals surface area (Å²) in [4.78, 5) is 98.9. The van der Waals surface area contributed by atoms with E-state index in [0.29, 0.717) is 30.4 Å². The zero-order valence-corrected chi connectivity index (χ0v) is 32.7. The first-order valence-electron chi connectivity index (χ1n) is 19.2. The van der Waals surface area contributed by atoms with Crippen LogP contribution < -0.4 is 31.9 Å². The van der Waals surface area contributed by atoms with Crippen molar-refractivity contribution in [3.8, 4) is 5.75 Å². The number of amides is 7. The summed E-state index contributed by atoms with van der Waals surface area (Å²) < 4.78 is 0. The molecule has 2 aliphatic heterocycles.